The first kappa shape index (κ1) is 38.4. The largest absolute Gasteiger partial charge is 0.476 e. The molecule has 12 nitrogen and oxygen atoms in total. The lowest BCUT2D eigenvalue weighted by Crippen LogP contribution is -2.55. The molecule has 3 atom stereocenters. The summed E-state index contributed by atoms with van der Waals surface area (Å²) < 4.78 is 17.1. The number of nitrogens with zero attached hydrogens (tertiary/aromatic N) is 4. The molecule has 274 valence electrons. The molecule has 2 heterocycles. The van der Waals surface area contributed by atoms with Gasteiger partial charge in [0.05, 0.1) is 17.5 Å². The summed E-state index contributed by atoms with van der Waals surface area (Å²) in [6, 6.07) is 5.49. The first-order valence-electron chi connectivity index (χ1n) is 17.8. The zero-order chi connectivity index (χ0) is 36.3. The van der Waals surface area contributed by atoms with Crippen LogP contribution in [0.3, 0.4) is 0 Å². The Hall–Kier alpha value is -3.38. The van der Waals surface area contributed by atoms with Crippen molar-refractivity contribution in [2.75, 3.05) is 63.8 Å². The van der Waals surface area contributed by atoms with Crippen LogP contribution in [-0.4, -0.2) is 111 Å². The van der Waals surface area contributed by atoms with Gasteiger partial charge in [0.25, 0.3) is 5.91 Å². The molecule has 1 aromatic rings. The van der Waals surface area contributed by atoms with E-state index in [-0.39, 0.29) is 42.9 Å². The van der Waals surface area contributed by atoms with Crippen LogP contribution in [0, 0.1) is 17.8 Å². The Morgan fingerprint density at radius 3 is 2.37 bits per heavy atom. The van der Waals surface area contributed by atoms with Gasteiger partial charge in [0.2, 0.25) is 11.8 Å². The smallest absolute Gasteiger partial charge is 0.410 e. The molecule has 1 N–H and O–H groups in total. The van der Waals surface area contributed by atoms with E-state index in [1.807, 2.05) is 37.2 Å². The van der Waals surface area contributed by atoms with E-state index in [9.17, 15) is 19.2 Å². The average Bonchev–Trinajstić information content (AvgIpc) is 3.82. The number of carbonyl (C=O) groups excluding carboxylic acids is 4. The molecule has 4 rings (SSSR count). The number of nitrogens with one attached hydrogen (secondary N) is 1. The molecule has 4 amide bonds. The molecule has 12 heteroatoms. The second kappa shape index (κ2) is 15.7. The van der Waals surface area contributed by atoms with Gasteiger partial charge in [-0.2, -0.15) is 0 Å². The zero-order valence-electron chi connectivity index (χ0n) is 31.3. The topological polar surface area (TPSA) is 121 Å². The maximum Gasteiger partial charge on any atom is 0.410 e. The maximum absolute atomic E-state index is 14.6. The number of fused-ring (bicyclic) bond motifs is 1. The molecule has 0 unspecified atom stereocenters. The number of carbonyl (C=O) groups is 4. The molecular formula is C37H59N5O7. The lowest BCUT2D eigenvalue weighted by Gasteiger charge is -2.41. The van der Waals surface area contributed by atoms with Crippen molar-refractivity contribution >= 4 is 35.2 Å². The lowest BCUT2D eigenvalue weighted by molar-refractivity contribution is -0.133. The molecule has 0 aromatic heterocycles. The van der Waals surface area contributed by atoms with E-state index in [4.69, 9.17) is 14.2 Å². The highest BCUT2D eigenvalue weighted by Gasteiger charge is 2.45. The first-order valence-corrected chi connectivity index (χ1v) is 17.8. The van der Waals surface area contributed by atoms with Crippen LogP contribution in [0.25, 0.3) is 0 Å². The van der Waals surface area contributed by atoms with Crippen LogP contribution < -0.4 is 19.9 Å². The molecule has 1 saturated heterocycles. The average molecular weight is 686 g/mol. The fraction of sp³-hybridized carbons (Fsp3) is 0.730. The summed E-state index contributed by atoms with van der Waals surface area (Å²) in [6.45, 7) is 15.2. The summed E-state index contributed by atoms with van der Waals surface area (Å²) in [5.41, 5.74) is -0.481. The van der Waals surface area contributed by atoms with Gasteiger partial charge in [0.15, 0.2) is 5.60 Å². The number of anilines is 2. The van der Waals surface area contributed by atoms with Gasteiger partial charge >= 0.3 is 6.09 Å². The lowest BCUT2D eigenvalue weighted by atomic mass is 9.87. The van der Waals surface area contributed by atoms with E-state index in [1.165, 1.54) is 4.90 Å². The number of likely N-dealkylation sites (N-methyl/N-ethyl adjacent to an activating group) is 1. The van der Waals surface area contributed by atoms with E-state index in [1.54, 1.807) is 46.6 Å². The summed E-state index contributed by atoms with van der Waals surface area (Å²) in [4.78, 5) is 62.5. The summed E-state index contributed by atoms with van der Waals surface area (Å²) in [5.74, 6) is -0.701. The number of ether oxygens (including phenoxy) is 3. The van der Waals surface area contributed by atoms with Crippen molar-refractivity contribution in [2.24, 2.45) is 17.8 Å². The van der Waals surface area contributed by atoms with Crippen LogP contribution in [0.15, 0.2) is 18.2 Å². The number of hydrogen-bond acceptors (Lipinski definition) is 8. The number of benzene rings is 1. The van der Waals surface area contributed by atoms with Gasteiger partial charge in [-0.3, -0.25) is 14.4 Å². The number of methoxy groups -OCH3 is 1. The standard InChI is InChI=1S/C37H59N5O7/c1-24(2)18-27(23-39(8)9)38-32(43)25-19-26(22-40(21-25)35(46)49-36(3,4)5)33(44)42(28-12-13-28)29-14-15-31-30(20-29)41(16-11-17-47-10)34(45)37(6,7)48-31/h14-15,20,24-28H,11-13,16-19,21-23H2,1-10H3,(H,38,43)/t25-,26+,27+/m0/s1. The normalized spacial score (nSPS) is 21.3. The molecule has 1 aromatic carbocycles. The van der Waals surface area contributed by atoms with E-state index in [2.05, 4.69) is 24.1 Å². The minimum atomic E-state index is -1.03. The Morgan fingerprint density at radius 1 is 1.10 bits per heavy atom. The third-order valence-corrected chi connectivity index (χ3v) is 9.03. The van der Waals surface area contributed by atoms with Crippen LogP contribution >= 0.6 is 0 Å². The van der Waals surface area contributed by atoms with Gasteiger partial charge in [-0.15, -0.1) is 0 Å². The van der Waals surface area contributed by atoms with E-state index in [0.717, 1.165) is 19.3 Å². The molecule has 2 aliphatic heterocycles. The fourth-order valence-corrected chi connectivity index (χ4v) is 6.79. The molecule has 1 saturated carbocycles. The second-order valence-corrected chi connectivity index (χ2v) is 16.1. The number of likely N-dealkylation sites (tertiary alicyclic amines) is 1. The van der Waals surface area contributed by atoms with Crippen molar-refractivity contribution in [1.82, 2.24) is 15.1 Å². The highest BCUT2D eigenvalue weighted by Crippen LogP contribution is 2.43. The van der Waals surface area contributed by atoms with Crippen molar-refractivity contribution in [3.05, 3.63) is 18.2 Å². The maximum atomic E-state index is 14.6. The molecule has 0 bridgehead atoms. The van der Waals surface area contributed by atoms with Gasteiger partial charge in [-0.1, -0.05) is 13.8 Å². The highest BCUT2D eigenvalue weighted by atomic mass is 16.6. The summed E-state index contributed by atoms with van der Waals surface area (Å²) in [6.07, 6.45) is 2.92. The first-order chi connectivity index (χ1) is 22.9. The van der Waals surface area contributed by atoms with Crippen molar-refractivity contribution in [3.63, 3.8) is 0 Å². The minimum Gasteiger partial charge on any atom is -0.476 e. The number of hydrogen-bond donors (Lipinski definition) is 1. The fourth-order valence-electron chi connectivity index (χ4n) is 6.79. The number of rotatable bonds is 13. The summed E-state index contributed by atoms with van der Waals surface area (Å²) >= 11 is 0. The van der Waals surface area contributed by atoms with Crippen LogP contribution in [0.4, 0.5) is 16.2 Å². The number of amides is 4. The molecule has 3 aliphatic rings. The van der Waals surface area contributed by atoms with Crippen LogP contribution in [0.1, 0.15) is 80.6 Å². The third kappa shape index (κ3) is 10.1. The zero-order valence-corrected chi connectivity index (χ0v) is 31.3. The SMILES string of the molecule is COCCCN1C(=O)C(C)(C)Oc2ccc(N(C(=O)[C@@H]3C[C@H](C(=O)N[C@H](CC(C)C)CN(C)C)CN(C(=O)OC(C)(C)C)C3)C3CC3)cc21. The van der Waals surface area contributed by atoms with Crippen LogP contribution in [-0.2, 0) is 23.9 Å². The van der Waals surface area contributed by atoms with Crippen molar-refractivity contribution in [2.45, 2.75) is 104 Å². The molecule has 2 fully saturated rings. The second-order valence-electron chi connectivity index (χ2n) is 16.1. The quantitative estimate of drug-likeness (QED) is 0.297. The molecule has 1 aliphatic carbocycles. The van der Waals surface area contributed by atoms with Crippen LogP contribution in [0.5, 0.6) is 5.75 Å². The third-order valence-electron chi connectivity index (χ3n) is 9.03. The van der Waals surface area contributed by atoms with Gasteiger partial charge in [-0.25, -0.2) is 4.79 Å². The molecular weight excluding hydrogens is 626 g/mol. The van der Waals surface area contributed by atoms with Gasteiger partial charge < -0.3 is 39.1 Å². The van der Waals surface area contributed by atoms with Gasteiger partial charge in [-0.05, 0) is 105 Å². The predicted molar refractivity (Wildman–Crippen MR) is 190 cm³/mol. The number of piperidine rings is 1. The Bertz CT molecular complexity index is 1340. The predicted octanol–water partition coefficient (Wildman–Crippen LogP) is 4.69. The Kier molecular flexibility index (Phi) is 12.3. The summed E-state index contributed by atoms with van der Waals surface area (Å²) in [5, 5.41) is 3.24. The minimum absolute atomic E-state index is 0.0103. The molecule has 0 radical (unpaired) electrons. The van der Waals surface area contributed by atoms with E-state index in [0.29, 0.717) is 55.6 Å². The van der Waals surface area contributed by atoms with E-state index >= 15 is 0 Å². The van der Waals surface area contributed by atoms with Crippen molar-refractivity contribution in [1.29, 1.82) is 0 Å². The van der Waals surface area contributed by atoms with Gasteiger partial charge in [0, 0.05) is 57.7 Å². The Labute approximate surface area is 292 Å². The Balaban J connectivity index is 1.64. The Morgan fingerprint density at radius 2 is 1.78 bits per heavy atom. The van der Waals surface area contributed by atoms with Gasteiger partial charge in [0.1, 0.15) is 11.4 Å². The summed E-state index contributed by atoms with van der Waals surface area (Å²) in [7, 11) is 5.59. The molecule has 0 spiro atoms. The molecule has 49 heavy (non-hydrogen) atoms. The van der Waals surface area contributed by atoms with Crippen molar-refractivity contribution < 1.29 is 33.4 Å². The van der Waals surface area contributed by atoms with Crippen molar-refractivity contribution in [3.8, 4) is 5.75 Å². The van der Waals surface area contributed by atoms with E-state index < -0.39 is 29.1 Å². The highest BCUT2D eigenvalue weighted by molar-refractivity contribution is 6.04. The van der Waals surface area contributed by atoms with Crippen LogP contribution in [0.2, 0.25) is 0 Å². The monoisotopic (exact) mass is 685 g/mol.